The molecular formula is C19H22F3NO2. The topological polar surface area (TPSA) is 49.3 Å². The van der Waals surface area contributed by atoms with Gasteiger partial charge in [-0.1, -0.05) is 24.3 Å². The summed E-state index contributed by atoms with van der Waals surface area (Å²) >= 11 is 0. The van der Waals surface area contributed by atoms with Crippen LogP contribution >= 0.6 is 0 Å². The Hall–Kier alpha value is -1.56. The number of aliphatic hydroxyl groups is 1. The zero-order valence-electron chi connectivity index (χ0n) is 13.9. The lowest BCUT2D eigenvalue weighted by atomic mass is 9.48. The van der Waals surface area contributed by atoms with Crippen LogP contribution in [0, 0.1) is 17.8 Å². The summed E-state index contributed by atoms with van der Waals surface area (Å²) in [4.78, 5) is 10.9. The molecule has 3 atom stereocenters. The predicted octanol–water partition coefficient (Wildman–Crippen LogP) is 3.52. The van der Waals surface area contributed by atoms with Crippen LogP contribution in [-0.4, -0.2) is 22.8 Å². The van der Waals surface area contributed by atoms with Crippen molar-refractivity contribution < 1.29 is 23.1 Å². The Kier molecular flexibility index (Phi) is 3.87. The summed E-state index contributed by atoms with van der Waals surface area (Å²) in [6, 6.07) is 7.31. The molecule has 4 aliphatic rings. The molecule has 136 valence electrons. The third kappa shape index (κ3) is 3.05. The van der Waals surface area contributed by atoms with E-state index in [0.717, 1.165) is 18.4 Å². The predicted molar refractivity (Wildman–Crippen MR) is 85.6 cm³/mol. The van der Waals surface area contributed by atoms with Crippen LogP contribution in [0.3, 0.4) is 0 Å². The number of hydrogen-bond donors (Lipinski definition) is 2. The first-order valence-electron chi connectivity index (χ1n) is 8.91. The van der Waals surface area contributed by atoms with Gasteiger partial charge in [0.25, 0.3) is 0 Å². The molecule has 5 rings (SSSR count). The molecule has 6 heteroatoms. The van der Waals surface area contributed by atoms with Crippen molar-refractivity contribution >= 4 is 5.91 Å². The van der Waals surface area contributed by atoms with Crippen LogP contribution in [-0.2, 0) is 11.3 Å². The molecule has 4 bridgehead atoms. The van der Waals surface area contributed by atoms with Crippen molar-refractivity contribution in [2.75, 3.05) is 0 Å². The summed E-state index contributed by atoms with van der Waals surface area (Å²) in [5.74, 6) is 0.00397. The number of alkyl halides is 3. The Morgan fingerprint density at radius 1 is 1.12 bits per heavy atom. The standard InChI is InChI=1S/C19H22F3NO2/c20-19(21,22)17(24)23-10-11-1-3-14(4-2-11)16-15-6-12-5-13(7-15)9-18(16,25)8-12/h1-4,12-13,15-16,25H,5-10H2,(H,23,24)/t12-,13-,15?,16+,18?/m1/s1. The van der Waals surface area contributed by atoms with E-state index in [1.165, 1.54) is 19.3 Å². The molecule has 0 radical (unpaired) electrons. The number of carbonyl (C=O) groups is 1. The molecule has 0 unspecified atom stereocenters. The molecule has 4 aliphatic carbocycles. The van der Waals surface area contributed by atoms with E-state index in [0.29, 0.717) is 23.3 Å². The Bertz CT molecular complexity index is 656. The van der Waals surface area contributed by atoms with Crippen LogP contribution in [0.2, 0.25) is 0 Å². The highest BCUT2D eigenvalue weighted by molar-refractivity contribution is 5.81. The van der Waals surface area contributed by atoms with Gasteiger partial charge in [0.1, 0.15) is 0 Å². The molecule has 1 aromatic carbocycles. The maximum Gasteiger partial charge on any atom is 0.471 e. The molecule has 2 N–H and O–H groups in total. The van der Waals surface area contributed by atoms with Crippen molar-refractivity contribution in [3.8, 4) is 0 Å². The number of benzene rings is 1. The van der Waals surface area contributed by atoms with E-state index in [1.807, 2.05) is 17.4 Å². The zero-order valence-corrected chi connectivity index (χ0v) is 13.9. The molecule has 0 saturated heterocycles. The first-order chi connectivity index (χ1) is 11.7. The van der Waals surface area contributed by atoms with Gasteiger partial charge in [0.2, 0.25) is 0 Å². The number of rotatable bonds is 3. The van der Waals surface area contributed by atoms with Crippen LogP contribution in [0.25, 0.3) is 0 Å². The molecule has 4 saturated carbocycles. The van der Waals surface area contributed by atoms with E-state index in [1.54, 1.807) is 12.1 Å². The maximum atomic E-state index is 12.2. The summed E-state index contributed by atoms with van der Waals surface area (Å²) in [7, 11) is 0. The molecule has 0 heterocycles. The quantitative estimate of drug-likeness (QED) is 0.874. The van der Waals surface area contributed by atoms with E-state index in [4.69, 9.17) is 0 Å². The largest absolute Gasteiger partial charge is 0.471 e. The van der Waals surface area contributed by atoms with Gasteiger partial charge in [-0.3, -0.25) is 4.79 Å². The van der Waals surface area contributed by atoms with Crippen molar-refractivity contribution in [1.82, 2.24) is 5.32 Å². The fourth-order valence-corrected chi connectivity index (χ4v) is 5.71. The normalized spacial score (nSPS) is 36.5. The Morgan fingerprint density at radius 2 is 1.72 bits per heavy atom. The average molecular weight is 353 g/mol. The molecule has 0 spiro atoms. The molecular weight excluding hydrogens is 331 g/mol. The molecule has 3 nitrogen and oxygen atoms in total. The van der Waals surface area contributed by atoms with Gasteiger partial charge in [-0.25, -0.2) is 0 Å². The van der Waals surface area contributed by atoms with Crippen molar-refractivity contribution in [2.45, 2.75) is 56.3 Å². The van der Waals surface area contributed by atoms with Crippen LogP contribution < -0.4 is 5.32 Å². The van der Waals surface area contributed by atoms with Gasteiger partial charge in [0.05, 0.1) is 5.60 Å². The van der Waals surface area contributed by atoms with E-state index in [2.05, 4.69) is 0 Å². The zero-order chi connectivity index (χ0) is 17.8. The van der Waals surface area contributed by atoms with Crippen molar-refractivity contribution in [2.24, 2.45) is 17.8 Å². The minimum absolute atomic E-state index is 0.124. The summed E-state index contributed by atoms with van der Waals surface area (Å²) in [5.41, 5.74) is 1.06. The lowest BCUT2D eigenvalue weighted by Crippen LogP contribution is -2.55. The second kappa shape index (κ2) is 5.73. The smallest absolute Gasteiger partial charge is 0.389 e. The number of hydrogen-bond acceptors (Lipinski definition) is 2. The van der Waals surface area contributed by atoms with Gasteiger partial charge < -0.3 is 10.4 Å². The minimum Gasteiger partial charge on any atom is -0.389 e. The van der Waals surface area contributed by atoms with E-state index < -0.39 is 17.7 Å². The Balaban J connectivity index is 1.46. The molecule has 1 amide bonds. The summed E-state index contributed by atoms with van der Waals surface area (Å²) < 4.78 is 36.7. The second-order valence-corrected chi connectivity index (χ2v) is 8.11. The monoisotopic (exact) mass is 353 g/mol. The van der Waals surface area contributed by atoms with E-state index >= 15 is 0 Å². The van der Waals surface area contributed by atoms with Gasteiger partial charge >= 0.3 is 12.1 Å². The minimum atomic E-state index is -4.86. The maximum absolute atomic E-state index is 12.2. The number of carbonyl (C=O) groups excluding carboxylic acids is 1. The highest BCUT2D eigenvalue weighted by Crippen LogP contribution is 2.61. The Labute approximate surface area is 144 Å². The Morgan fingerprint density at radius 3 is 2.24 bits per heavy atom. The molecule has 0 aliphatic heterocycles. The van der Waals surface area contributed by atoms with Crippen molar-refractivity contribution in [3.05, 3.63) is 35.4 Å². The SMILES string of the molecule is O=C(NCc1ccc([C@H]2C3C[C@H]4C[C@H](C3)CC2(O)C4)cc1)C(F)(F)F. The average Bonchev–Trinajstić information content (AvgIpc) is 2.51. The van der Waals surface area contributed by atoms with Gasteiger partial charge in [0.15, 0.2) is 0 Å². The molecule has 4 fully saturated rings. The molecule has 0 aromatic heterocycles. The third-order valence-electron chi connectivity index (χ3n) is 6.32. The van der Waals surface area contributed by atoms with Crippen LogP contribution in [0.15, 0.2) is 24.3 Å². The first kappa shape index (κ1) is 16.9. The fourth-order valence-electron chi connectivity index (χ4n) is 5.71. The van der Waals surface area contributed by atoms with Gasteiger partial charge in [-0.2, -0.15) is 13.2 Å². The van der Waals surface area contributed by atoms with Gasteiger partial charge in [0, 0.05) is 12.5 Å². The molecule has 25 heavy (non-hydrogen) atoms. The second-order valence-electron chi connectivity index (χ2n) is 8.11. The first-order valence-corrected chi connectivity index (χ1v) is 8.91. The number of nitrogens with one attached hydrogen (secondary N) is 1. The highest BCUT2D eigenvalue weighted by Gasteiger charge is 2.56. The summed E-state index contributed by atoms with van der Waals surface area (Å²) in [6.45, 7) is -0.152. The van der Waals surface area contributed by atoms with Crippen molar-refractivity contribution in [3.63, 3.8) is 0 Å². The van der Waals surface area contributed by atoms with E-state index in [9.17, 15) is 23.1 Å². The lowest BCUT2D eigenvalue weighted by molar-refractivity contribution is -0.173. The van der Waals surface area contributed by atoms with Gasteiger partial charge in [-0.15, -0.1) is 0 Å². The highest BCUT2D eigenvalue weighted by atomic mass is 19.4. The third-order valence-corrected chi connectivity index (χ3v) is 6.32. The van der Waals surface area contributed by atoms with Gasteiger partial charge in [-0.05, 0) is 61.0 Å². The van der Waals surface area contributed by atoms with Crippen LogP contribution in [0.4, 0.5) is 13.2 Å². The lowest BCUT2D eigenvalue weighted by Gasteiger charge is -2.59. The van der Waals surface area contributed by atoms with Crippen LogP contribution in [0.5, 0.6) is 0 Å². The summed E-state index contributed by atoms with van der Waals surface area (Å²) in [6.07, 6.45) is 0.481. The summed E-state index contributed by atoms with van der Waals surface area (Å²) in [5, 5.41) is 13.1. The molecule has 1 aromatic rings. The number of halogens is 3. The fraction of sp³-hybridized carbons (Fsp3) is 0.632. The van der Waals surface area contributed by atoms with Crippen molar-refractivity contribution in [1.29, 1.82) is 0 Å². The number of amides is 1. The van der Waals surface area contributed by atoms with E-state index in [-0.39, 0.29) is 12.5 Å². The van der Waals surface area contributed by atoms with Crippen LogP contribution in [0.1, 0.15) is 49.1 Å².